The van der Waals surface area contributed by atoms with Crippen molar-refractivity contribution in [3.8, 4) is 17.1 Å². The van der Waals surface area contributed by atoms with Crippen molar-refractivity contribution in [2.24, 2.45) is 5.10 Å². The number of carbonyl (C=O) groups is 1. The maximum absolute atomic E-state index is 12.8. The zero-order valence-corrected chi connectivity index (χ0v) is 16.2. The van der Waals surface area contributed by atoms with Crippen LogP contribution in [0.25, 0.3) is 17.1 Å². The number of nitrogens with two attached hydrogens (primary N) is 1. The fraction of sp³-hybridized carbons (Fsp3) is 0.133. The van der Waals surface area contributed by atoms with E-state index >= 15 is 0 Å². The van der Waals surface area contributed by atoms with Gasteiger partial charge in [-0.2, -0.15) is 9.78 Å². The Balaban J connectivity index is 1.59. The number of benzene rings is 1. The summed E-state index contributed by atoms with van der Waals surface area (Å²) in [6, 6.07) is 8.83. The number of rotatable bonds is 7. The van der Waals surface area contributed by atoms with Gasteiger partial charge in [0.05, 0.1) is 15.9 Å². The number of nitrogens with one attached hydrogen (secondary N) is 1. The Labute approximate surface area is 177 Å². The zero-order chi connectivity index (χ0) is 22.7. The van der Waals surface area contributed by atoms with Crippen molar-refractivity contribution in [1.82, 2.24) is 50.9 Å². The van der Waals surface area contributed by atoms with Crippen LogP contribution in [0.3, 0.4) is 0 Å². The lowest BCUT2D eigenvalue weighted by atomic mass is 10.1. The van der Waals surface area contributed by atoms with Gasteiger partial charge in [0.1, 0.15) is 12.2 Å². The summed E-state index contributed by atoms with van der Waals surface area (Å²) in [5.41, 5.74) is 9.27. The highest BCUT2D eigenvalue weighted by Gasteiger charge is 2.25. The molecule has 0 aliphatic heterocycles. The Kier molecular flexibility index (Phi) is 5.26. The molecule has 0 aliphatic carbocycles. The molecule has 3 N–H and O–H groups in total. The highest BCUT2D eigenvalue weighted by Crippen LogP contribution is 2.26. The summed E-state index contributed by atoms with van der Waals surface area (Å²) in [6.45, 7) is 1.52. The number of hydrogen-bond donors (Lipinski definition) is 2. The highest BCUT2D eigenvalue weighted by molar-refractivity contribution is 5.99. The second kappa shape index (κ2) is 8.34. The summed E-state index contributed by atoms with van der Waals surface area (Å²) in [5, 5.41) is 40.1. The van der Waals surface area contributed by atoms with Gasteiger partial charge in [0, 0.05) is 10.8 Å². The predicted molar refractivity (Wildman–Crippen MR) is 104 cm³/mol. The van der Waals surface area contributed by atoms with E-state index in [-0.39, 0.29) is 29.6 Å². The number of tetrazole rings is 1. The number of nitrogens with zero attached hydrogens (tertiary/aromatic N) is 11. The lowest BCUT2D eigenvalue weighted by Crippen LogP contribution is -2.22. The lowest BCUT2D eigenvalue weighted by Gasteiger charge is -2.05. The van der Waals surface area contributed by atoms with E-state index in [1.54, 1.807) is 37.3 Å². The molecule has 0 saturated carbocycles. The Morgan fingerprint density at radius 3 is 2.69 bits per heavy atom. The molecule has 162 valence electrons. The molecule has 0 aliphatic rings. The van der Waals surface area contributed by atoms with Crippen LogP contribution >= 0.6 is 0 Å². The number of nitrogen functional groups attached to an aromatic ring is 1. The minimum absolute atomic E-state index is 0.0395. The van der Waals surface area contributed by atoms with Crippen LogP contribution in [0.4, 0.5) is 11.8 Å². The Hall–Kier alpha value is -5.09. The van der Waals surface area contributed by atoms with Crippen molar-refractivity contribution >= 4 is 23.4 Å². The van der Waals surface area contributed by atoms with E-state index in [0.29, 0.717) is 11.3 Å². The summed E-state index contributed by atoms with van der Waals surface area (Å²) in [6.07, 6.45) is 0. The van der Waals surface area contributed by atoms with Crippen LogP contribution < -0.4 is 11.2 Å². The quantitative estimate of drug-likeness (QED) is 0.213. The molecule has 0 saturated heterocycles. The monoisotopic (exact) mass is 439 g/mol. The van der Waals surface area contributed by atoms with Crippen molar-refractivity contribution in [3.05, 3.63) is 46.1 Å². The molecule has 0 unspecified atom stereocenters. The van der Waals surface area contributed by atoms with Crippen molar-refractivity contribution < 1.29 is 14.3 Å². The van der Waals surface area contributed by atoms with E-state index in [1.807, 2.05) is 0 Å². The minimum Gasteiger partial charge on any atom is -0.390 e. The van der Waals surface area contributed by atoms with Gasteiger partial charge in [-0.05, 0) is 22.2 Å². The van der Waals surface area contributed by atoms with Gasteiger partial charge in [-0.15, -0.1) is 5.10 Å². The second-order valence-corrected chi connectivity index (χ2v) is 6.20. The molecule has 0 atom stereocenters. The minimum atomic E-state index is -0.774. The van der Waals surface area contributed by atoms with E-state index < -0.39 is 16.8 Å². The van der Waals surface area contributed by atoms with Gasteiger partial charge in [-0.1, -0.05) is 40.3 Å². The van der Waals surface area contributed by atoms with E-state index in [4.69, 9.17) is 5.73 Å². The average molecular weight is 439 g/mol. The van der Waals surface area contributed by atoms with Gasteiger partial charge in [0.15, 0.2) is 5.69 Å². The molecule has 0 radical (unpaired) electrons. The summed E-state index contributed by atoms with van der Waals surface area (Å²) >= 11 is 0. The highest BCUT2D eigenvalue weighted by atomic mass is 16.6. The number of nitro groups is 1. The van der Waals surface area contributed by atoms with Crippen LogP contribution in [0.2, 0.25) is 0 Å². The summed E-state index contributed by atoms with van der Waals surface area (Å²) in [4.78, 5) is 23.6. The number of anilines is 1. The molecule has 0 fully saturated rings. The Morgan fingerprint density at radius 2 is 2.03 bits per heavy atom. The van der Waals surface area contributed by atoms with Crippen molar-refractivity contribution in [1.29, 1.82) is 0 Å². The van der Waals surface area contributed by atoms with Gasteiger partial charge < -0.3 is 15.8 Å². The lowest BCUT2D eigenvalue weighted by molar-refractivity contribution is -0.394. The maximum atomic E-state index is 12.8. The fourth-order valence-electron chi connectivity index (χ4n) is 2.59. The number of carbonyl (C=O) groups excluding carboxylic acids is 1. The molecule has 0 bridgehead atoms. The Morgan fingerprint density at radius 1 is 1.25 bits per heavy atom. The SMILES string of the molecule is C/C(Cn1nnc([N+](=O)[O-])n1)=N/NC(=O)c1nnn(-c2nonc2N)c1-c1ccccc1. The molecule has 1 aromatic carbocycles. The molecule has 0 spiro atoms. The number of hydrogen-bond acceptors (Lipinski definition) is 13. The first kappa shape index (κ1) is 20.2. The summed E-state index contributed by atoms with van der Waals surface area (Å²) < 4.78 is 5.84. The van der Waals surface area contributed by atoms with Crippen molar-refractivity contribution in [2.75, 3.05) is 5.73 Å². The number of hydrazone groups is 1. The second-order valence-electron chi connectivity index (χ2n) is 6.20. The third kappa shape index (κ3) is 3.97. The fourth-order valence-corrected chi connectivity index (χ4v) is 2.59. The van der Waals surface area contributed by atoms with Crippen LogP contribution in [0, 0.1) is 10.1 Å². The smallest absolute Gasteiger partial charge is 0.390 e. The molecule has 17 nitrogen and oxygen atoms in total. The maximum Gasteiger partial charge on any atom is 0.514 e. The van der Waals surface area contributed by atoms with Gasteiger partial charge in [-0.3, -0.25) is 4.79 Å². The predicted octanol–water partition coefficient (Wildman–Crippen LogP) is -0.400. The molecule has 3 aromatic heterocycles. The van der Waals surface area contributed by atoms with Crippen LogP contribution in [-0.4, -0.2) is 62.1 Å². The summed E-state index contributed by atoms with van der Waals surface area (Å²) in [7, 11) is 0. The van der Waals surface area contributed by atoms with Crippen LogP contribution in [-0.2, 0) is 6.54 Å². The first-order valence-corrected chi connectivity index (χ1v) is 8.79. The third-order valence-corrected chi connectivity index (χ3v) is 3.95. The molecule has 4 aromatic rings. The van der Waals surface area contributed by atoms with Crippen molar-refractivity contribution in [2.45, 2.75) is 13.5 Å². The van der Waals surface area contributed by atoms with Gasteiger partial charge in [-0.25, -0.2) is 10.1 Å². The first-order valence-electron chi connectivity index (χ1n) is 8.79. The van der Waals surface area contributed by atoms with Crippen LogP contribution in [0.1, 0.15) is 17.4 Å². The largest absolute Gasteiger partial charge is 0.514 e. The van der Waals surface area contributed by atoms with Gasteiger partial charge in [0.25, 0.3) is 5.91 Å². The molecular weight excluding hydrogens is 426 g/mol. The van der Waals surface area contributed by atoms with E-state index in [0.717, 1.165) is 4.80 Å². The van der Waals surface area contributed by atoms with Gasteiger partial charge in [0.2, 0.25) is 11.6 Å². The normalized spacial score (nSPS) is 11.5. The van der Waals surface area contributed by atoms with Crippen molar-refractivity contribution in [3.63, 3.8) is 0 Å². The molecule has 1 amide bonds. The molecular formula is C15H13N13O4. The number of amides is 1. The van der Waals surface area contributed by atoms with E-state index in [1.165, 1.54) is 4.68 Å². The van der Waals surface area contributed by atoms with Crippen LogP contribution in [0.15, 0.2) is 40.1 Å². The third-order valence-electron chi connectivity index (χ3n) is 3.95. The van der Waals surface area contributed by atoms with Gasteiger partial charge >= 0.3 is 5.95 Å². The molecule has 4 rings (SSSR count). The molecule has 32 heavy (non-hydrogen) atoms. The molecule has 17 heteroatoms. The summed E-state index contributed by atoms with van der Waals surface area (Å²) in [5.74, 6) is -1.30. The molecule has 3 heterocycles. The standard InChI is InChI=1S/C15H13N13O4/c1-8(7-26-21-15(20-24-26)28(30)31)17-19-14(29)10-11(9-5-3-2-4-6-9)27(25-18-10)13-12(16)22-32-23-13/h2-6H,7H2,1H3,(H2,16,22)(H,19,29)/b17-8-. The van der Waals surface area contributed by atoms with E-state index in [9.17, 15) is 14.9 Å². The first-order chi connectivity index (χ1) is 15.4. The average Bonchev–Trinajstić information content (AvgIpc) is 3.52. The zero-order valence-electron chi connectivity index (χ0n) is 16.2. The number of aromatic nitrogens is 9. The Bertz CT molecular complexity index is 1310. The van der Waals surface area contributed by atoms with Crippen LogP contribution in [0.5, 0.6) is 0 Å². The topological polar surface area (TPSA) is 224 Å². The van der Waals surface area contributed by atoms with E-state index in [2.05, 4.69) is 51.2 Å².